The number of benzene rings is 3. The van der Waals surface area contributed by atoms with E-state index in [1.165, 1.54) is 10.5 Å². The van der Waals surface area contributed by atoms with Crippen molar-refractivity contribution in [3.63, 3.8) is 0 Å². The maximum Gasteiger partial charge on any atom is 0.251 e. The van der Waals surface area contributed by atoms with E-state index in [1.807, 2.05) is 43.3 Å². The quantitative estimate of drug-likeness (QED) is 0.442. The Balaban J connectivity index is 1.71. The van der Waals surface area contributed by atoms with Crippen LogP contribution in [0, 0.1) is 6.92 Å². The van der Waals surface area contributed by atoms with E-state index in [1.54, 1.807) is 24.9 Å². The molecule has 0 fully saturated rings. The van der Waals surface area contributed by atoms with Gasteiger partial charge in [0.15, 0.2) is 0 Å². The summed E-state index contributed by atoms with van der Waals surface area (Å²) in [4.78, 5) is 14.0. The number of carbonyl (C=O) groups excluding carboxylic acids is 1. The van der Waals surface area contributed by atoms with Crippen LogP contribution >= 0.6 is 23.4 Å². The second kappa shape index (κ2) is 9.86. The van der Waals surface area contributed by atoms with Crippen molar-refractivity contribution in [2.75, 3.05) is 7.11 Å². The SMILES string of the molecule is COc1ccc(C(=O)N[C@H](C)c2ccc(Cl)cc2)cc1CSc1ccc(C)cc1. The van der Waals surface area contributed by atoms with E-state index in [0.29, 0.717) is 10.6 Å². The van der Waals surface area contributed by atoms with Crippen LogP contribution in [0.1, 0.15) is 40.0 Å². The Hall–Kier alpha value is -2.43. The fourth-order valence-electron chi connectivity index (χ4n) is 2.94. The summed E-state index contributed by atoms with van der Waals surface area (Å²) in [6.45, 7) is 4.03. The third kappa shape index (κ3) is 5.78. The largest absolute Gasteiger partial charge is 0.496 e. The van der Waals surface area contributed by atoms with Gasteiger partial charge >= 0.3 is 0 Å². The highest BCUT2D eigenvalue weighted by Crippen LogP contribution is 2.29. The standard InChI is InChI=1S/C24H24ClNO2S/c1-16-4-11-22(12-5-16)29-15-20-14-19(8-13-23(20)28-3)24(27)26-17(2)18-6-9-21(25)10-7-18/h4-14,17H,15H2,1-3H3,(H,26,27)/t17-/m1/s1. The molecule has 0 bridgehead atoms. The van der Waals surface area contributed by atoms with Crippen molar-refractivity contribution in [1.29, 1.82) is 0 Å². The van der Waals surface area contributed by atoms with Gasteiger partial charge in [0.1, 0.15) is 5.75 Å². The molecule has 0 aliphatic carbocycles. The molecule has 29 heavy (non-hydrogen) atoms. The Labute approximate surface area is 181 Å². The highest BCUT2D eigenvalue weighted by Gasteiger charge is 2.14. The third-order valence-electron chi connectivity index (χ3n) is 4.68. The van der Waals surface area contributed by atoms with Gasteiger partial charge in [-0.05, 0) is 61.9 Å². The lowest BCUT2D eigenvalue weighted by molar-refractivity contribution is 0.0939. The molecule has 0 aliphatic rings. The van der Waals surface area contributed by atoms with Gasteiger partial charge in [0, 0.05) is 26.8 Å². The van der Waals surface area contributed by atoms with Crippen LogP contribution in [-0.2, 0) is 5.75 Å². The minimum absolute atomic E-state index is 0.114. The number of hydrogen-bond donors (Lipinski definition) is 1. The first-order valence-corrected chi connectivity index (χ1v) is 10.8. The van der Waals surface area contributed by atoms with Crippen LogP contribution in [0.15, 0.2) is 71.6 Å². The molecule has 3 nitrogen and oxygen atoms in total. The molecule has 0 heterocycles. The second-order valence-corrected chi connectivity index (χ2v) is 8.36. The molecule has 3 rings (SSSR count). The molecule has 5 heteroatoms. The van der Waals surface area contributed by atoms with Crippen LogP contribution < -0.4 is 10.1 Å². The molecule has 1 N–H and O–H groups in total. The van der Waals surface area contributed by atoms with E-state index < -0.39 is 0 Å². The Morgan fingerprint density at radius 3 is 2.41 bits per heavy atom. The summed E-state index contributed by atoms with van der Waals surface area (Å²) < 4.78 is 5.49. The topological polar surface area (TPSA) is 38.3 Å². The van der Waals surface area contributed by atoms with E-state index in [-0.39, 0.29) is 11.9 Å². The summed E-state index contributed by atoms with van der Waals surface area (Å²) in [6.07, 6.45) is 0. The Bertz CT molecular complexity index is 971. The predicted octanol–water partition coefficient (Wildman–Crippen LogP) is 6.44. The second-order valence-electron chi connectivity index (χ2n) is 6.88. The number of halogens is 1. The summed E-state index contributed by atoms with van der Waals surface area (Å²) in [7, 11) is 1.65. The number of hydrogen-bond acceptors (Lipinski definition) is 3. The van der Waals surface area contributed by atoms with Crippen molar-refractivity contribution < 1.29 is 9.53 Å². The van der Waals surface area contributed by atoms with Crippen molar-refractivity contribution in [2.24, 2.45) is 0 Å². The van der Waals surface area contributed by atoms with Crippen LogP contribution in [0.3, 0.4) is 0 Å². The number of methoxy groups -OCH3 is 1. The maximum atomic E-state index is 12.8. The third-order valence-corrected chi connectivity index (χ3v) is 5.99. The van der Waals surface area contributed by atoms with Gasteiger partial charge < -0.3 is 10.1 Å². The van der Waals surface area contributed by atoms with Crippen LogP contribution in [-0.4, -0.2) is 13.0 Å². The lowest BCUT2D eigenvalue weighted by atomic mass is 10.1. The van der Waals surface area contributed by atoms with Crippen molar-refractivity contribution in [1.82, 2.24) is 5.32 Å². The maximum absolute atomic E-state index is 12.8. The Kier molecular flexibility index (Phi) is 7.24. The summed E-state index contributed by atoms with van der Waals surface area (Å²) in [6, 6.07) is 21.3. The Morgan fingerprint density at radius 1 is 1.07 bits per heavy atom. The molecule has 0 aromatic heterocycles. The normalized spacial score (nSPS) is 11.7. The number of ether oxygens (including phenoxy) is 1. The zero-order chi connectivity index (χ0) is 20.8. The number of thioether (sulfide) groups is 1. The van der Waals surface area contributed by atoms with E-state index in [9.17, 15) is 4.79 Å². The zero-order valence-electron chi connectivity index (χ0n) is 16.7. The van der Waals surface area contributed by atoms with Gasteiger partial charge in [-0.3, -0.25) is 4.79 Å². The van der Waals surface area contributed by atoms with Crippen molar-refractivity contribution >= 4 is 29.3 Å². The zero-order valence-corrected chi connectivity index (χ0v) is 18.3. The first-order valence-electron chi connectivity index (χ1n) is 9.39. The lowest BCUT2D eigenvalue weighted by Crippen LogP contribution is -2.26. The molecule has 3 aromatic carbocycles. The molecule has 0 aliphatic heterocycles. The summed E-state index contributed by atoms with van der Waals surface area (Å²) in [5, 5.41) is 3.73. The average molecular weight is 426 g/mol. The molecule has 0 unspecified atom stereocenters. The van der Waals surface area contributed by atoms with Crippen molar-refractivity contribution in [3.05, 3.63) is 94.0 Å². The lowest BCUT2D eigenvalue weighted by Gasteiger charge is -2.16. The van der Waals surface area contributed by atoms with Gasteiger partial charge in [0.25, 0.3) is 5.91 Å². The number of rotatable bonds is 7. The van der Waals surface area contributed by atoms with Gasteiger partial charge in [0.2, 0.25) is 0 Å². The van der Waals surface area contributed by atoms with E-state index in [2.05, 4.69) is 36.5 Å². The first-order chi connectivity index (χ1) is 14.0. The molecular formula is C24H24ClNO2S. The van der Waals surface area contributed by atoms with E-state index >= 15 is 0 Å². The minimum atomic E-state index is -0.118. The minimum Gasteiger partial charge on any atom is -0.496 e. The molecule has 0 radical (unpaired) electrons. The fraction of sp³-hybridized carbons (Fsp3) is 0.208. The van der Waals surface area contributed by atoms with Crippen LogP contribution in [0.25, 0.3) is 0 Å². The molecule has 0 saturated carbocycles. The molecular weight excluding hydrogens is 402 g/mol. The fourth-order valence-corrected chi connectivity index (χ4v) is 3.95. The van der Waals surface area contributed by atoms with E-state index in [4.69, 9.17) is 16.3 Å². The van der Waals surface area contributed by atoms with Crippen molar-refractivity contribution in [2.45, 2.75) is 30.5 Å². The highest BCUT2D eigenvalue weighted by atomic mass is 35.5. The molecule has 0 spiro atoms. The molecule has 1 atom stereocenters. The van der Waals surface area contributed by atoms with Gasteiger partial charge in [-0.25, -0.2) is 0 Å². The summed E-state index contributed by atoms with van der Waals surface area (Å²) >= 11 is 7.66. The molecule has 3 aromatic rings. The number of aryl methyl sites for hydroxylation is 1. The predicted molar refractivity (Wildman–Crippen MR) is 121 cm³/mol. The number of amides is 1. The molecule has 1 amide bonds. The smallest absolute Gasteiger partial charge is 0.251 e. The van der Waals surface area contributed by atoms with Crippen LogP contribution in [0.2, 0.25) is 5.02 Å². The summed E-state index contributed by atoms with van der Waals surface area (Å²) in [5.41, 5.74) is 3.85. The van der Waals surface area contributed by atoms with Crippen LogP contribution in [0.4, 0.5) is 0 Å². The highest BCUT2D eigenvalue weighted by molar-refractivity contribution is 7.98. The van der Waals surface area contributed by atoms with Gasteiger partial charge in [-0.15, -0.1) is 11.8 Å². The molecule has 150 valence electrons. The van der Waals surface area contributed by atoms with Gasteiger partial charge in [-0.1, -0.05) is 41.4 Å². The molecule has 0 saturated heterocycles. The van der Waals surface area contributed by atoms with Crippen LogP contribution in [0.5, 0.6) is 5.75 Å². The average Bonchev–Trinajstić information content (AvgIpc) is 2.73. The first kappa shape index (κ1) is 21.3. The van der Waals surface area contributed by atoms with Gasteiger partial charge in [-0.2, -0.15) is 0 Å². The monoisotopic (exact) mass is 425 g/mol. The van der Waals surface area contributed by atoms with Crippen molar-refractivity contribution in [3.8, 4) is 5.75 Å². The van der Waals surface area contributed by atoms with E-state index in [0.717, 1.165) is 22.6 Å². The van der Waals surface area contributed by atoms with Gasteiger partial charge in [0.05, 0.1) is 13.2 Å². The number of carbonyl (C=O) groups is 1. The Morgan fingerprint density at radius 2 is 1.76 bits per heavy atom. The summed E-state index contributed by atoms with van der Waals surface area (Å²) in [5.74, 6) is 1.39. The number of nitrogens with one attached hydrogen (secondary N) is 1.